The number of anilines is 3. The smallest absolute Gasteiger partial charge is 0.141 e. The molecule has 0 bridgehead atoms. The number of ether oxygens (including phenoxy) is 1. The number of aromatic nitrogens is 3. The number of benzene rings is 5. The molecule has 46 heavy (non-hydrogen) atoms. The molecule has 6 heteroatoms. The largest absolute Gasteiger partial charge is 0.457 e. The number of para-hydroxylation sites is 3. The van der Waals surface area contributed by atoms with Crippen LogP contribution in [0.4, 0.5) is 17.2 Å². The first-order valence-electron chi connectivity index (χ1n) is 15.5. The molecular formula is C40H30N4O2. The topological polar surface area (TPSA) is 56.3 Å². The third-order valence-corrected chi connectivity index (χ3v) is 9.27. The summed E-state index contributed by atoms with van der Waals surface area (Å²) < 4.78 is 15.0. The minimum absolute atomic E-state index is 0.285. The van der Waals surface area contributed by atoms with Crippen molar-refractivity contribution in [2.24, 2.45) is 7.05 Å². The van der Waals surface area contributed by atoms with Gasteiger partial charge in [0.15, 0.2) is 0 Å². The Morgan fingerprint density at radius 3 is 2.39 bits per heavy atom. The highest BCUT2D eigenvalue weighted by Gasteiger charge is 2.38. The van der Waals surface area contributed by atoms with E-state index in [0.29, 0.717) is 0 Å². The van der Waals surface area contributed by atoms with Crippen LogP contribution in [-0.2, 0) is 12.5 Å². The maximum absolute atomic E-state index is 6.52. The highest BCUT2D eigenvalue weighted by atomic mass is 16.5. The van der Waals surface area contributed by atoms with E-state index in [1.165, 1.54) is 5.56 Å². The number of fused-ring (bicyclic) bond motifs is 6. The number of rotatable bonds is 4. The van der Waals surface area contributed by atoms with Gasteiger partial charge >= 0.3 is 0 Å². The summed E-state index contributed by atoms with van der Waals surface area (Å²) in [4.78, 5) is 12.1. The van der Waals surface area contributed by atoms with Crippen molar-refractivity contribution in [2.75, 3.05) is 4.90 Å². The fourth-order valence-electron chi connectivity index (χ4n) is 6.95. The maximum Gasteiger partial charge on any atom is 0.141 e. The van der Waals surface area contributed by atoms with Gasteiger partial charge in [-0.3, -0.25) is 4.90 Å². The zero-order valence-corrected chi connectivity index (χ0v) is 25.7. The third-order valence-electron chi connectivity index (χ3n) is 9.27. The van der Waals surface area contributed by atoms with Crippen molar-refractivity contribution in [2.45, 2.75) is 19.3 Å². The van der Waals surface area contributed by atoms with Gasteiger partial charge in [-0.25, -0.2) is 9.97 Å². The van der Waals surface area contributed by atoms with E-state index in [9.17, 15) is 0 Å². The second kappa shape index (κ2) is 9.81. The molecule has 1 aliphatic rings. The molecule has 0 radical (unpaired) electrons. The lowest BCUT2D eigenvalue weighted by Crippen LogP contribution is -2.31. The van der Waals surface area contributed by atoms with Gasteiger partial charge in [-0.1, -0.05) is 68.4 Å². The van der Waals surface area contributed by atoms with E-state index in [1.54, 1.807) is 0 Å². The summed E-state index contributed by atoms with van der Waals surface area (Å²) in [6.45, 7) is 4.52. The normalized spacial score (nSPS) is 13.7. The summed E-state index contributed by atoms with van der Waals surface area (Å²) in [6, 6.07) is 41.4. The Hall–Kier alpha value is -5.88. The molecule has 0 saturated carbocycles. The standard InChI is InChI=1S/C40H30N4O2/c1-40(2)31-16-10-20-41-39(31)44(35-23-30-29-15-4-7-19-36(29)46-37(30)24-32(35)40)26-12-9-14-28(22-26)45-27-13-8-11-25(21-27)38-42-33-17-5-6-18-34(33)43(38)3/h4-24H,1-3H3. The van der Waals surface area contributed by atoms with Gasteiger partial charge in [0.1, 0.15) is 34.3 Å². The fraction of sp³-hybridized carbons (Fsp3) is 0.100. The Morgan fingerprint density at radius 2 is 1.50 bits per heavy atom. The molecule has 3 aromatic heterocycles. The number of imidazole rings is 1. The Morgan fingerprint density at radius 1 is 0.696 bits per heavy atom. The number of pyridine rings is 1. The first kappa shape index (κ1) is 26.5. The van der Waals surface area contributed by atoms with Gasteiger partial charge in [0.25, 0.3) is 0 Å². The van der Waals surface area contributed by atoms with E-state index < -0.39 is 0 Å². The molecular weight excluding hydrogens is 568 g/mol. The van der Waals surface area contributed by atoms with E-state index >= 15 is 0 Å². The van der Waals surface area contributed by atoms with Gasteiger partial charge in [-0.05, 0) is 66.2 Å². The summed E-state index contributed by atoms with van der Waals surface area (Å²) >= 11 is 0. The Kier molecular flexibility index (Phi) is 5.66. The molecule has 0 saturated heterocycles. The molecule has 1 aliphatic heterocycles. The summed E-state index contributed by atoms with van der Waals surface area (Å²) in [5.74, 6) is 3.28. The predicted molar refractivity (Wildman–Crippen MR) is 185 cm³/mol. The highest BCUT2D eigenvalue weighted by molar-refractivity contribution is 6.07. The van der Waals surface area contributed by atoms with Gasteiger partial charge < -0.3 is 13.7 Å². The van der Waals surface area contributed by atoms with Crippen molar-refractivity contribution < 1.29 is 9.15 Å². The van der Waals surface area contributed by atoms with Crippen LogP contribution in [0.1, 0.15) is 25.0 Å². The van der Waals surface area contributed by atoms with Gasteiger partial charge in [0.05, 0.1) is 22.4 Å². The second-order valence-corrected chi connectivity index (χ2v) is 12.4. The number of aryl methyl sites for hydroxylation is 1. The van der Waals surface area contributed by atoms with E-state index in [2.05, 4.69) is 77.9 Å². The number of hydrogen-bond acceptors (Lipinski definition) is 5. The number of furan rings is 1. The Bertz CT molecular complexity index is 2470. The lowest BCUT2D eigenvalue weighted by atomic mass is 9.74. The lowest BCUT2D eigenvalue weighted by molar-refractivity contribution is 0.483. The van der Waals surface area contributed by atoms with Crippen LogP contribution in [0.3, 0.4) is 0 Å². The van der Waals surface area contributed by atoms with Crippen LogP contribution in [0.5, 0.6) is 11.5 Å². The van der Waals surface area contributed by atoms with Crippen molar-refractivity contribution >= 4 is 50.2 Å². The molecule has 5 aromatic carbocycles. The van der Waals surface area contributed by atoms with Crippen LogP contribution < -0.4 is 9.64 Å². The SMILES string of the molecule is Cn1c(-c2cccc(Oc3cccc(N4c5cc6c(cc5C(C)(C)c5cccnc54)oc4ccccc46)c3)c2)nc2ccccc21. The van der Waals surface area contributed by atoms with Crippen LogP contribution in [0, 0.1) is 0 Å². The van der Waals surface area contributed by atoms with Crippen LogP contribution in [-0.4, -0.2) is 14.5 Å². The van der Waals surface area contributed by atoms with E-state index in [0.717, 1.165) is 78.6 Å². The summed E-state index contributed by atoms with van der Waals surface area (Å²) in [6.07, 6.45) is 1.87. The molecule has 0 aliphatic carbocycles. The van der Waals surface area contributed by atoms with Crippen molar-refractivity contribution in [1.29, 1.82) is 0 Å². The molecule has 9 rings (SSSR count). The van der Waals surface area contributed by atoms with Crippen LogP contribution in [0.2, 0.25) is 0 Å². The average Bonchev–Trinajstić information content (AvgIpc) is 3.62. The molecule has 0 spiro atoms. The van der Waals surface area contributed by atoms with Gasteiger partial charge in [-0.15, -0.1) is 0 Å². The monoisotopic (exact) mass is 598 g/mol. The molecule has 222 valence electrons. The minimum atomic E-state index is -0.285. The molecule has 0 unspecified atom stereocenters. The second-order valence-electron chi connectivity index (χ2n) is 12.4. The van der Waals surface area contributed by atoms with E-state index in [4.69, 9.17) is 19.1 Å². The summed E-state index contributed by atoms with van der Waals surface area (Å²) in [5.41, 5.74) is 8.93. The zero-order valence-electron chi connectivity index (χ0n) is 25.7. The highest BCUT2D eigenvalue weighted by Crippen LogP contribution is 2.53. The summed E-state index contributed by atoms with van der Waals surface area (Å²) in [5, 5.41) is 2.18. The van der Waals surface area contributed by atoms with Crippen molar-refractivity contribution in [1.82, 2.24) is 14.5 Å². The van der Waals surface area contributed by atoms with Gasteiger partial charge in [0, 0.05) is 46.6 Å². The van der Waals surface area contributed by atoms with E-state index in [1.807, 2.05) is 80.0 Å². The molecule has 8 aromatic rings. The number of nitrogens with zero attached hydrogens (tertiary/aromatic N) is 4. The predicted octanol–water partition coefficient (Wildman–Crippen LogP) is 10.4. The zero-order chi connectivity index (χ0) is 31.0. The average molecular weight is 599 g/mol. The first-order valence-corrected chi connectivity index (χ1v) is 15.5. The lowest BCUT2D eigenvalue weighted by Gasteiger charge is -2.41. The maximum atomic E-state index is 6.52. The van der Waals surface area contributed by atoms with Crippen molar-refractivity contribution in [3.05, 3.63) is 139 Å². The molecule has 0 fully saturated rings. The fourth-order valence-corrected chi connectivity index (χ4v) is 6.95. The molecule has 4 heterocycles. The van der Waals surface area contributed by atoms with Crippen molar-refractivity contribution in [3.63, 3.8) is 0 Å². The Labute approximate surface area is 266 Å². The van der Waals surface area contributed by atoms with Crippen LogP contribution in [0.15, 0.2) is 132 Å². The molecule has 0 amide bonds. The van der Waals surface area contributed by atoms with Gasteiger partial charge in [-0.2, -0.15) is 0 Å². The molecule has 0 N–H and O–H groups in total. The van der Waals surface area contributed by atoms with Crippen molar-refractivity contribution in [3.8, 4) is 22.9 Å². The Balaban J connectivity index is 1.15. The van der Waals surface area contributed by atoms with Crippen LogP contribution >= 0.6 is 0 Å². The van der Waals surface area contributed by atoms with Gasteiger partial charge in [0.2, 0.25) is 0 Å². The quantitative estimate of drug-likeness (QED) is 0.202. The minimum Gasteiger partial charge on any atom is -0.457 e. The van der Waals surface area contributed by atoms with Crippen LogP contribution in [0.25, 0.3) is 44.4 Å². The number of hydrogen-bond donors (Lipinski definition) is 0. The molecule has 6 nitrogen and oxygen atoms in total. The molecule has 0 atom stereocenters. The first-order chi connectivity index (χ1) is 22.5. The summed E-state index contributed by atoms with van der Waals surface area (Å²) in [7, 11) is 2.05. The third kappa shape index (κ3) is 3.96. The van der Waals surface area contributed by atoms with E-state index in [-0.39, 0.29) is 5.41 Å².